The van der Waals surface area contributed by atoms with Gasteiger partial charge in [0.05, 0.1) is 24.7 Å². The lowest BCUT2D eigenvalue weighted by atomic mass is 9.99. The fraction of sp³-hybridized carbons (Fsp3) is 0.290. The summed E-state index contributed by atoms with van der Waals surface area (Å²) in [7, 11) is 3.04. The van der Waals surface area contributed by atoms with Gasteiger partial charge in [-0.1, -0.05) is 35.9 Å². The van der Waals surface area contributed by atoms with E-state index in [9.17, 15) is 8.42 Å². The van der Waals surface area contributed by atoms with Crippen molar-refractivity contribution in [2.75, 3.05) is 70.0 Å². The van der Waals surface area contributed by atoms with Crippen molar-refractivity contribution in [2.45, 2.75) is 11.8 Å². The molecule has 0 saturated carbocycles. The molecule has 12 heteroatoms. The number of aromatic nitrogens is 2. The van der Waals surface area contributed by atoms with E-state index in [-0.39, 0.29) is 21.7 Å². The van der Waals surface area contributed by atoms with E-state index in [1.165, 1.54) is 32.0 Å². The van der Waals surface area contributed by atoms with Crippen LogP contribution in [0.15, 0.2) is 71.8 Å². The summed E-state index contributed by atoms with van der Waals surface area (Å²) >= 11 is 6.41. The molecule has 4 aromatic rings. The van der Waals surface area contributed by atoms with Gasteiger partial charge in [-0.05, 0) is 67.1 Å². The number of nitrogens with zero attached hydrogens (tertiary/aromatic N) is 5. The second-order valence-electron chi connectivity index (χ2n) is 10.6. The van der Waals surface area contributed by atoms with Crippen molar-refractivity contribution in [3.8, 4) is 16.9 Å². The second-order valence-corrected chi connectivity index (χ2v) is 13.2. The minimum absolute atomic E-state index is 0.105. The maximum absolute atomic E-state index is 12.9. The number of anilines is 5. The topological polar surface area (TPSA) is 103 Å². The summed E-state index contributed by atoms with van der Waals surface area (Å²) in [5.74, 6) is 1.15. The van der Waals surface area contributed by atoms with Crippen LogP contribution in [0.25, 0.3) is 11.1 Å². The minimum atomic E-state index is -3.70. The first kappa shape index (κ1) is 30.6. The van der Waals surface area contributed by atoms with Gasteiger partial charge in [0.25, 0.3) is 0 Å². The maximum atomic E-state index is 12.9. The van der Waals surface area contributed by atoms with Crippen LogP contribution >= 0.6 is 11.6 Å². The van der Waals surface area contributed by atoms with Crippen LogP contribution in [-0.2, 0) is 10.0 Å². The molecule has 1 aromatic heterocycles. The van der Waals surface area contributed by atoms with Crippen LogP contribution in [-0.4, -0.2) is 82.0 Å². The first-order chi connectivity index (χ1) is 20.6. The number of ether oxygens (including phenoxy) is 1. The third-order valence-corrected chi connectivity index (χ3v) is 9.63. The van der Waals surface area contributed by atoms with Crippen molar-refractivity contribution in [2.24, 2.45) is 0 Å². The third kappa shape index (κ3) is 6.70. The van der Waals surface area contributed by atoms with E-state index in [0.717, 1.165) is 47.2 Å². The number of likely N-dealkylation sites (N-methyl/N-ethyl adjacent to an activating group) is 1. The number of nitrogens with one attached hydrogen (secondary N) is 2. The van der Waals surface area contributed by atoms with Gasteiger partial charge < -0.3 is 25.2 Å². The van der Waals surface area contributed by atoms with Gasteiger partial charge in [-0.25, -0.2) is 17.7 Å². The van der Waals surface area contributed by atoms with E-state index >= 15 is 0 Å². The molecule has 3 aromatic carbocycles. The van der Waals surface area contributed by atoms with E-state index in [0.29, 0.717) is 17.1 Å². The van der Waals surface area contributed by atoms with Gasteiger partial charge >= 0.3 is 0 Å². The zero-order chi connectivity index (χ0) is 30.7. The first-order valence-corrected chi connectivity index (χ1v) is 15.7. The van der Waals surface area contributed by atoms with Crippen LogP contribution in [0.2, 0.25) is 5.02 Å². The number of halogens is 1. The molecular formula is C31H36ClN7O3S. The van der Waals surface area contributed by atoms with Gasteiger partial charge in [-0.15, -0.1) is 0 Å². The van der Waals surface area contributed by atoms with Gasteiger partial charge in [-0.2, -0.15) is 4.98 Å². The molecule has 2 heterocycles. The maximum Gasteiger partial charge on any atom is 0.244 e. The van der Waals surface area contributed by atoms with Gasteiger partial charge in [0, 0.05) is 46.0 Å². The molecule has 226 valence electrons. The van der Waals surface area contributed by atoms with E-state index in [2.05, 4.69) is 61.7 Å². The summed E-state index contributed by atoms with van der Waals surface area (Å²) in [6, 6.07) is 19.2. The molecule has 43 heavy (non-hydrogen) atoms. The molecule has 0 bridgehead atoms. The Bertz CT molecular complexity index is 1710. The average Bonchev–Trinajstić information content (AvgIpc) is 2.99. The van der Waals surface area contributed by atoms with Crippen molar-refractivity contribution < 1.29 is 13.2 Å². The highest BCUT2D eigenvalue weighted by Gasteiger charge is 2.22. The Kier molecular flexibility index (Phi) is 9.07. The number of para-hydroxylation sites is 1. The van der Waals surface area contributed by atoms with Crippen LogP contribution in [0.5, 0.6) is 5.75 Å². The summed E-state index contributed by atoms with van der Waals surface area (Å²) in [6.07, 6.45) is 1.46. The molecule has 0 unspecified atom stereocenters. The molecule has 10 nitrogen and oxygen atoms in total. The van der Waals surface area contributed by atoms with Crippen molar-refractivity contribution >= 4 is 50.5 Å². The third-order valence-electron chi connectivity index (χ3n) is 7.48. The van der Waals surface area contributed by atoms with Crippen molar-refractivity contribution in [1.29, 1.82) is 0 Å². The van der Waals surface area contributed by atoms with Gasteiger partial charge in [0.2, 0.25) is 16.0 Å². The van der Waals surface area contributed by atoms with Gasteiger partial charge in [-0.3, -0.25) is 0 Å². The number of methoxy groups -OCH3 is 1. The fourth-order valence-corrected chi connectivity index (χ4v) is 6.12. The zero-order valence-corrected chi connectivity index (χ0v) is 26.5. The molecule has 0 radical (unpaired) electrons. The lowest BCUT2D eigenvalue weighted by Crippen LogP contribution is -2.44. The Morgan fingerprint density at radius 3 is 2.33 bits per heavy atom. The number of piperazine rings is 1. The number of benzene rings is 3. The summed E-state index contributed by atoms with van der Waals surface area (Å²) < 4.78 is 32.6. The monoisotopic (exact) mass is 621 g/mol. The largest absolute Gasteiger partial charge is 0.495 e. The highest BCUT2D eigenvalue weighted by atomic mass is 35.5. The molecular weight excluding hydrogens is 586 g/mol. The molecule has 1 fully saturated rings. The normalized spacial score (nSPS) is 14.2. The minimum Gasteiger partial charge on any atom is -0.495 e. The molecule has 0 aliphatic carbocycles. The quantitative estimate of drug-likeness (QED) is 0.247. The predicted molar refractivity (Wildman–Crippen MR) is 174 cm³/mol. The van der Waals surface area contributed by atoms with Crippen LogP contribution in [0.4, 0.5) is 28.8 Å². The Hall–Kier alpha value is -3.90. The second kappa shape index (κ2) is 12.8. The van der Waals surface area contributed by atoms with Gasteiger partial charge in [0.1, 0.15) is 15.7 Å². The number of aryl methyl sites for hydroxylation is 1. The predicted octanol–water partition coefficient (Wildman–Crippen LogP) is 5.60. The summed E-state index contributed by atoms with van der Waals surface area (Å²) in [5, 5.41) is 6.53. The van der Waals surface area contributed by atoms with Crippen LogP contribution in [0, 0.1) is 6.92 Å². The smallest absolute Gasteiger partial charge is 0.244 e. The molecule has 0 amide bonds. The Morgan fingerprint density at radius 1 is 0.953 bits per heavy atom. The molecule has 5 rings (SSSR count). The first-order valence-electron chi connectivity index (χ1n) is 13.9. The number of hydrogen-bond donors (Lipinski definition) is 2. The van der Waals surface area contributed by atoms with E-state index in [1.807, 2.05) is 19.1 Å². The van der Waals surface area contributed by atoms with Crippen molar-refractivity contribution in [3.05, 3.63) is 77.4 Å². The standard InChI is InChI=1S/C31H36ClN7O3S/c1-21-18-27(28(42-5)19-24(21)22-10-12-23(13-11-22)39-16-14-38(4)15-17-39)35-31-33-20-25(32)30(36-31)34-26-8-6-7-9-29(26)43(40,41)37(2)3/h6-13,18-20H,14-17H2,1-5H3,(H2,33,34,35,36). The van der Waals surface area contributed by atoms with E-state index < -0.39 is 10.0 Å². The van der Waals surface area contributed by atoms with E-state index in [1.54, 1.807) is 25.3 Å². The Labute approximate surface area is 258 Å². The fourth-order valence-electron chi connectivity index (χ4n) is 4.94. The SMILES string of the molecule is COc1cc(-c2ccc(N3CCN(C)CC3)cc2)c(C)cc1Nc1ncc(Cl)c(Nc2ccccc2S(=O)(=O)N(C)C)n1. The zero-order valence-electron chi connectivity index (χ0n) is 24.9. The average molecular weight is 622 g/mol. The van der Waals surface area contributed by atoms with Gasteiger partial charge in [0.15, 0.2) is 5.82 Å². The molecule has 0 spiro atoms. The molecule has 0 atom stereocenters. The number of hydrogen-bond acceptors (Lipinski definition) is 9. The Balaban J connectivity index is 1.39. The summed E-state index contributed by atoms with van der Waals surface area (Å²) in [5.41, 5.74) is 5.46. The highest BCUT2D eigenvalue weighted by molar-refractivity contribution is 7.89. The number of sulfonamides is 1. The highest BCUT2D eigenvalue weighted by Crippen LogP contribution is 2.37. The van der Waals surface area contributed by atoms with E-state index in [4.69, 9.17) is 16.3 Å². The Morgan fingerprint density at radius 2 is 1.65 bits per heavy atom. The van der Waals surface area contributed by atoms with Crippen LogP contribution in [0.1, 0.15) is 5.56 Å². The summed E-state index contributed by atoms with van der Waals surface area (Å²) in [6.45, 7) is 6.22. The molecule has 1 aliphatic heterocycles. The lowest BCUT2D eigenvalue weighted by Gasteiger charge is -2.34. The molecule has 1 saturated heterocycles. The summed E-state index contributed by atoms with van der Waals surface area (Å²) in [4.78, 5) is 13.7. The lowest BCUT2D eigenvalue weighted by molar-refractivity contribution is 0.313. The van der Waals surface area contributed by atoms with Crippen LogP contribution in [0.3, 0.4) is 0 Å². The molecule has 2 N–H and O–H groups in total. The van der Waals surface area contributed by atoms with Crippen molar-refractivity contribution in [3.63, 3.8) is 0 Å². The number of rotatable bonds is 9. The molecule has 1 aliphatic rings. The van der Waals surface area contributed by atoms with Crippen LogP contribution < -0.4 is 20.3 Å². The van der Waals surface area contributed by atoms with Crippen molar-refractivity contribution in [1.82, 2.24) is 19.2 Å².